The second-order valence-electron chi connectivity index (χ2n) is 6.22. The number of hydrogen-bond acceptors (Lipinski definition) is 4. The lowest BCUT2D eigenvalue weighted by atomic mass is 10.1. The Morgan fingerprint density at radius 1 is 0.821 bits per heavy atom. The van der Waals surface area contributed by atoms with Crippen LogP contribution in [0.25, 0.3) is 11.4 Å². The van der Waals surface area contributed by atoms with Crippen LogP contribution in [0.4, 0.5) is 5.95 Å². The van der Waals surface area contributed by atoms with Crippen molar-refractivity contribution in [2.45, 2.75) is 13.8 Å². The molecule has 0 atom stereocenters. The number of aryl methyl sites for hydroxylation is 2. The number of nitrogens with one attached hydrogen (secondary N) is 1. The zero-order valence-corrected chi connectivity index (χ0v) is 16.6. The second-order valence-corrected chi connectivity index (χ2v) is 6.55. The zero-order chi connectivity index (χ0) is 19.8. The molecule has 0 saturated carbocycles. The minimum Gasteiger partial charge on any atom is -0.324 e. The summed E-state index contributed by atoms with van der Waals surface area (Å²) in [5.41, 5.74) is 3.92. The van der Waals surface area contributed by atoms with E-state index in [4.69, 9.17) is 11.6 Å². The highest BCUT2D eigenvalue weighted by Gasteiger charge is 2.09. The molecule has 0 fully saturated rings. The molecule has 0 bridgehead atoms. The lowest BCUT2D eigenvalue weighted by Gasteiger charge is -2.09. The lowest BCUT2D eigenvalue weighted by molar-refractivity contribution is 1.05. The van der Waals surface area contributed by atoms with Gasteiger partial charge in [-0.2, -0.15) is 15.0 Å². The first kappa shape index (κ1) is 19.5. The summed E-state index contributed by atoms with van der Waals surface area (Å²) in [7, 11) is 0. The Morgan fingerprint density at radius 2 is 1.57 bits per heavy atom. The maximum atomic E-state index is 6.20. The number of allylic oxidation sites excluding steroid dienone is 7. The molecule has 0 unspecified atom stereocenters. The monoisotopic (exact) mass is 388 g/mol. The van der Waals surface area contributed by atoms with Gasteiger partial charge in [-0.25, -0.2) is 0 Å². The first-order valence-electron chi connectivity index (χ1n) is 8.93. The van der Waals surface area contributed by atoms with E-state index in [-0.39, 0.29) is 5.28 Å². The average molecular weight is 389 g/mol. The van der Waals surface area contributed by atoms with Crippen LogP contribution in [0.3, 0.4) is 0 Å². The Labute approximate surface area is 170 Å². The SMILES string of the molecule is Cc1ccccccc(-c2nc(Cl)nc(NC3=C/C=C\C=C/C=C\3)n2)c(C)c1. The van der Waals surface area contributed by atoms with Crippen LogP contribution in [0.2, 0.25) is 5.28 Å². The van der Waals surface area contributed by atoms with Gasteiger partial charge in [-0.1, -0.05) is 78.4 Å². The molecular formula is C23H21ClN4. The van der Waals surface area contributed by atoms with Gasteiger partial charge in [-0.05, 0) is 43.2 Å². The Morgan fingerprint density at radius 3 is 2.43 bits per heavy atom. The summed E-state index contributed by atoms with van der Waals surface area (Å²) >= 11 is 6.20. The van der Waals surface area contributed by atoms with Crippen molar-refractivity contribution in [3.63, 3.8) is 0 Å². The maximum absolute atomic E-state index is 6.20. The third kappa shape index (κ3) is 5.63. The van der Waals surface area contributed by atoms with Crippen molar-refractivity contribution in [1.82, 2.24) is 15.0 Å². The van der Waals surface area contributed by atoms with Gasteiger partial charge in [0.2, 0.25) is 11.2 Å². The molecule has 2 aromatic rings. The van der Waals surface area contributed by atoms with Gasteiger partial charge in [-0.15, -0.1) is 0 Å². The second kappa shape index (κ2) is 9.62. The number of nitrogens with zero attached hydrogens (tertiary/aromatic N) is 3. The summed E-state index contributed by atoms with van der Waals surface area (Å²) in [6.45, 7) is 4.09. The molecule has 1 aromatic carbocycles. The van der Waals surface area contributed by atoms with E-state index < -0.39 is 0 Å². The van der Waals surface area contributed by atoms with E-state index in [2.05, 4.69) is 39.3 Å². The van der Waals surface area contributed by atoms with Crippen molar-refractivity contribution in [3.8, 4) is 11.4 Å². The summed E-state index contributed by atoms with van der Waals surface area (Å²) < 4.78 is 0. The van der Waals surface area contributed by atoms with E-state index in [1.54, 1.807) is 0 Å². The van der Waals surface area contributed by atoms with Crippen LogP contribution in [-0.4, -0.2) is 15.0 Å². The normalized spacial score (nSPS) is 17.9. The molecule has 5 heteroatoms. The van der Waals surface area contributed by atoms with Gasteiger partial charge >= 0.3 is 0 Å². The predicted octanol–water partition coefficient (Wildman–Crippen LogP) is 5.91. The van der Waals surface area contributed by atoms with E-state index in [9.17, 15) is 0 Å². The molecule has 0 amide bonds. The van der Waals surface area contributed by atoms with E-state index in [1.807, 2.05) is 79.8 Å². The van der Waals surface area contributed by atoms with Gasteiger partial charge in [0.1, 0.15) is 0 Å². The molecule has 0 radical (unpaired) electrons. The van der Waals surface area contributed by atoms with E-state index >= 15 is 0 Å². The molecule has 1 aliphatic carbocycles. The zero-order valence-electron chi connectivity index (χ0n) is 15.8. The van der Waals surface area contributed by atoms with Crippen LogP contribution in [0.1, 0.15) is 11.1 Å². The molecule has 1 heterocycles. The fraction of sp³-hybridized carbons (Fsp3) is 0.0870. The van der Waals surface area contributed by atoms with E-state index in [1.165, 1.54) is 0 Å². The summed E-state index contributed by atoms with van der Waals surface area (Å²) in [6, 6.07) is 14.0. The topological polar surface area (TPSA) is 50.7 Å². The van der Waals surface area contributed by atoms with Crippen molar-refractivity contribution < 1.29 is 0 Å². The van der Waals surface area contributed by atoms with Gasteiger partial charge in [0.05, 0.1) is 0 Å². The van der Waals surface area contributed by atoms with Gasteiger partial charge in [-0.3, -0.25) is 0 Å². The Kier molecular flexibility index (Phi) is 6.71. The number of rotatable bonds is 3. The lowest BCUT2D eigenvalue weighted by Crippen LogP contribution is -2.05. The summed E-state index contributed by atoms with van der Waals surface area (Å²) in [4.78, 5) is 13.2. The third-order valence-electron chi connectivity index (χ3n) is 3.93. The maximum Gasteiger partial charge on any atom is 0.232 e. The Hall–Kier alpha value is -3.24. The smallest absolute Gasteiger partial charge is 0.232 e. The number of anilines is 1. The van der Waals surface area contributed by atoms with Crippen molar-refractivity contribution in [3.05, 3.63) is 107 Å². The number of hydrogen-bond donors (Lipinski definition) is 1. The predicted molar refractivity (Wildman–Crippen MR) is 117 cm³/mol. The first-order valence-corrected chi connectivity index (χ1v) is 9.31. The van der Waals surface area contributed by atoms with Crippen molar-refractivity contribution >= 4 is 17.5 Å². The largest absolute Gasteiger partial charge is 0.324 e. The first-order chi connectivity index (χ1) is 13.6. The number of aromatic nitrogens is 3. The van der Waals surface area contributed by atoms with E-state index in [0.29, 0.717) is 11.8 Å². The summed E-state index contributed by atoms with van der Waals surface area (Å²) in [5.74, 6) is 0.912. The van der Waals surface area contributed by atoms with Crippen LogP contribution in [0.5, 0.6) is 0 Å². The molecule has 28 heavy (non-hydrogen) atoms. The van der Waals surface area contributed by atoms with Crippen LogP contribution >= 0.6 is 11.6 Å². The molecule has 0 aliphatic heterocycles. The standard InChI is InChI=1S/C23H21ClN4/c1-17-12-8-6-7-11-15-20(18(2)16-17)21-26-22(24)28-23(27-21)25-19-13-9-4-3-5-10-14-19/h3-16H,1-2H3,(H,25,26,27,28)/b4-3-,5-3?,7-6?,8-6?,9-4?,10-5-,11-7?,12-8?,13-9-,14-10?,15-11?,17-12?,17-16?,18-16?,19-13?,19-14+,20-15?,20-18?. The van der Waals surface area contributed by atoms with Crippen LogP contribution in [0.15, 0.2) is 90.7 Å². The minimum atomic E-state index is 0.139. The molecule has 1 aliphatic rings. The fourth-order valence-electron chi connectivity index (χ4n) is 2.64. The van der Waals surface area contributed by atoms with Crippen LogP contribution in [0, 0.1) is 13.8 Å². The van der Waals surface area contributed by atoms with Gasteiger partial charge in [0, 0.05) is 11.3 Å². The third-order valence-corrected chi connectivity index (χ3v) is 4.09. The molecule has 0 spiro atoms. The highest BCUT2D eigenvalue weighted by molar-refractivity contribution is 6.28. The Balaban J connectivity index is 2.05. The molecule has 4 nitrogen and oxygen atoms in total. The highest BCUT2D eigenvalue weighted by atomic mass is 35.5. The minimum absolute atomic E-state index is 0.139. The highest BCUT2D eigenvalue weighted by Crippen LogP contribution is 2.21. The summed E-state index contributed by atoms with van der Waals surface area (Å²) in [5, 5.41) is 3.34. The molecule has 1 aromatic heterocycles. The summed E-state index contributed by atoms with van der Waals surface area (Å²) in [6.07, 6.45) is 13.6. The molecular weight excluding hydrogens is 368 g/mol. The molecule has 140 valence electrons. The van der Waals surface area contributed by atoms with Crippen LogP contribution in [-0.2, 0) is 0 Å². The van der Waals surface area contributed by atoms with Gasteiger partial charge in [0.15, 0.2) is 5.82 Å². The van der Waals surface area contributed by atoms with Crippen molar-refractivity contribution in [1.29, 1.82) is 0 Å². The molecule has 0 saturated heterocycles. The average Bonchev–Trinajstić information content (AvgIpc) is 2.62. The van der Waals surface area contributed by atoms with E-state index in [0.717, 1.165) is 22.4 Å². The fourth-order valence-corrected chi connectivity index (χ4v) is 2.80. The molecule has 3 rings (SSSR count). The van der Waals surface area contributed by atoms with Gasteiger partial charge in [0.25, 0.3) is 0 Å². The Bertz CT molecular complexity index is 1030. The molecule has 1 N–H and O–H groups in total. The van der Waals surface area contributed by atoms with Crippen LogP contribution < -0.4 is 5.32 Å². The van der Waals surface area contributed by atoms with Crippen molar-refractivity contribution in [2.24, 2.45) is 0 Å². The number of halogens is 1. The van der Waals surface area contributed by atoms with Gasteiger partial charge < -0.3 is 5.32 Å². The van der Waals surface area contributed by atoms with Crippen molar-refractivity contribution in [2.75, 3.05) is 5.32 Å². The quantitative estimate of drug-likeness (QED) is 0.709.